The number of aliphatic carboxylic acids is 2. The van der Waals surface area contributed by atoms with Gasteiger partial charge < -0.3 is 43.0 Å². The Balaban J connectivity index is 2.81. The maximum Gasteiger partial charge on any atom is 0.326 e. The van der Waals surface area contributed by atoms with Crippen LogP contribution in [0.3, 0.4) is 0 Å². The molecule has 14 nitrogen and oxygen atoms in total. The number of aromatic amines is 1. The lowest BCUT2D eigenvalue weighted by Gasteiger charge is -2.22. The molecule has 0 spiro atoms. The second kappa shape index (κ2) is 12.8. The fourth-order valence-corrected chi connectivity index (χ4v) is 2.55. The number of hydrogen-bond donors (Lipinski definition) is 8. The molecule has 31 heavy (non-hydrogen) atoms. The van der Waals surface area contributed by atoms with Gasteiger partial charge in [-0.25, -0.2) is 9.78 Å². The number of H-pyrrole nitrogens is 1. The molecule has 3 unspecified atom stereocenters. The first-order valence-corrected chi connectivity index (χ1v) is 9.43. The van der Waals surface area contributed by atoms with Crippen LogP contribution in [0.2, 0.25) is 0 Å². The number of aromatic nitrogens is 2. The van der Waals surface area contributed by atoms with Gasteiger partial charge in [-0.05, 0) is 19.3 Å². The molecule has 0 saturated carbocycles. The zero-order valence-electron chi connectivity index (χ0n) is 16.8. The lowest BCUT2D eigenvalue weighted by atomic mass is 10.1. The van der Waals surface area contributed by atoms with Gasteiger partial charge in [-0.2, -0.15) is 0 Å². The van der Waals surface area contributed by atoms with E-state index in [-0.39, 0.29) is 38.2 Å². The summed E-state index contributed by atoms with van der Waals surface area (Å²) in [7, 11) is 0. The Morgan fingerprint density at radius 1 is 1.10 bits per heavy atom. The van der Waals surface area contributed by atoms with E-state index in [2.05, 4.69) is 25.6 Å². The van der Waals surface area contributed by atoms with Crippen molar-refractivity contribution >= 4 is 29.7 Å². The number of amides is 2. The first kappa shape index (κ1) is 25.4. The highest BCUT2D eigenvalue weighted by Gasteiger charge is 2.28. The molecule has 0 aliphatic rings. The van der Waals surface area contributed by atoms with Crippen LogP contribution < -0.4 is 27.8 Å². The standard InChI is InChI=1S/C17H28N8O6/c18-10(3-4-13(26)27)14(28)25-12(6-9-7-21-8-23-9)15(29)24-11(16(30)31)2-1-5-22-17(19)20/h7-8,10-12H,1-6,18H2,(H,21,23)(H,24,29)(H,25,28)(H,26,27)(H,30,31)(H4,19,20,22). The topological polar surface area (TPSA) is 252 Å². The number of rotatable bonds is 14. The summed E-state index contributed by atoms with van der Waals surface area (Å²) in [6.07, 6.45) is 2.73. The van der Waals surface area contributed by atoms with Crippen LogP contribution in [-0.2, 0) is 25.6 Å². The van der Waals surface area contributed by atoms with Crippen molar-refractivity contribution in [3.63, 3.8) is 0 Å². The van der Waals surface area contributed by atoms with Gasteiger partial charge >= 0.3 is 11.9 Å². The Morgan fingerprint density at radius 2 is 1.77 bits per heavy atom. The number of aliphatic imine (C=N–C) groups is 1. The van der Waals surface area contributed by atoms with Gasteiger partial charge in [-0.3, -0.25) is 19.4 Å². The first-order valence-electron chi connectivity index (χ1n) is 9.43. The smallest absolute Gasteiger partial charge is 0.326 e. The predicted octanol–water partition coefficient (Wildman–Crippen LogP) is -2.75. The fourth-order valence-electron chi connectivity index (χ4n) is 2.55. The zero-order valence-corrected chi connectivity index (χ0v) is 16.8. The van der Waals surface area contributed by atoms with E-state index in [4.69, 9.17) is 22.3 Å². The molecule has 0 aliphatic carbocycles. The summed E-state index contributed by atoms with van der Waals surface area (Å²) in [5, 5.41) is 22.9. The molecule has 172 valence electrons. The molecule has 0 aliphatic heterocycles. The molecule has 1 rings (SSSR count). The Morgan fingerprint density at radius 3 is 2.32 bits per heavy atom. The molecule has 1 aromatic rings. The van der Waals surface area contributed by atoms with Crippen LogP contribution in [0.5, 0.6) is 0 Å². The quantitative estimate of drug-likeness (QED) is 0.0840. The van der Waals surface area contributed by atoms with Crippen molar-refractivity contribution in [1.29, 1.82) is 0 Å². The van der Waals surface area contributed by atoms with Crippen molar-refractivity contribution in [2.75, 3.05) is 6.54 Å². The Hall–Kier alpha value is -3.68. The molecular formula is C17H28N8O6. The molecule has 0 bridgehead atoms. The van der Waals surface area contributed by atoms with Crippen molar-refractivity contribution in [3.05, 3.63) is 18.2 Å². The third-order valence-electron chi connectivity index (χ3n) is 4.18. The van der Waals surface area contributed by atoms with Gasteiger partial charge in [0.1, 0.15) is 12.1 Å². The van der Waals surface area contributed by atoms with Gasteiger partial charge in [0.05, 0.1) is 12.4 Å². The van der Waals surface area contributed by atoms with Crippen LogP contribution in [0.25, 0.3) is 0 Å². The van der Waals surface area contributed by atoms with Gasteiger partial charge in [-0.1, -0.05) is 0 Å². The lowest BCUT2D eigenvalue weighted by Crippen LogP contribution is -2.55. The fraction of sp³-hybridized carbons (Fsp3) is 0.529. The van der Waals surface area contributed by atoms with Crippen LogP contribution in [0.4, 0.5) is 0 Å². The minimum absolute atomic E-state index is 0.0104. The molecule has 1 aromatic heterocycles. The van der Waals surface area contributed by atoms with Gasteiger partial charge in [0.2, 0.25) is 11.8 Å². The third kappa shape index (κ3) is 10.1. The van der Waals surface area contributed by atoms with Crippen LogP contribution >= 0.6 is 0 Å². The third-order valence-corrected chi connectivity index (χ3v) is 4.18. The average molecular weight is 440 g/mol. The molecule has 0 saturated heterocycles. The van der Waals surface area contributed by atoms with E-state index in [1.165, 1.54) is 12.5 Å². The highest BCUT2D eigenvalue weighted by atomic mass is 16.4. The number of carbonyl (C=O) groups is 4. The summed E-state index contributed by atoms with van der Waals surface area (Å²) in [5.74, 6) is -3.98. The minimum Gasteiger partial charge on any atom is -0.481 e. The summed E-state index contributed by atoms with van der Waals surface area (Å²) < 4.78 is 0. The van der Waals surface area contributed by atoms with Crippen molar-refractivity contribution in [3.8, 4) is 0 Å². The van der Waals surface area contributed by atoms with Crippen molar-refractivity contribution in [2.45, 2.75) is 50.2 Å². The number of nitrogens with two attached hydrogens (primary N) is 3. The predicted molar refractivity (Wildman–Crippen MR) is 109 cm³/mol. The number of carboxylic acids is 2. The van der Waals surface area contributed by atoms with E-state index in [9.17, 15) is 24.3 Å². The van der Waals surface area contributed by atoms with E-state index < -0.39 is 41.9 Å². The minimum atomic E-state index is -1.26. The van der Waals surface area contributed by atoms with Crippen LogP contribution in [0, 0.1) is 0 Å². The monoisotopic (exact) mass is 440 g/mol. The van der Waals surface area contributed by atoms with Gasteiger partial charge in [0.15, 0.2) is 5.96 Å². The van der Waals surface area contributed by atoms with Gasteiger partial charge in [-0.15, -0.1) is 0 Å². The normalized spacial score (nSPS) is 13.5. The maximum atomic E-state index is 12.7. The van der Waals surface area contributed by atoms with Gasteiger partial charge in [0, 0.05) is 31.3 Å². The van der Waals surface area contributed by atoms with E-state index in [0.29, 0.717) is 12.1 Å². The summed E-state index contributed by atoms with van der Waals surface area (Å²) in [4.78, 5) is 57.6. The zero-order chi connectivity index (χ0) is 23.4. The highest BCUT2D eigenvalue weighted by molar-refractivity contribution is 5.92. The second-order valence-electron chi connectivity index (χ2n) is 6.73. The molecule has 0 fully saturated rings. The van der Waals surface area contributed by atoms with E-state index >= 15 is 0 Å². The van der Waals surface area contributed by atoms with Crippen molar-refractivity contribution in [2.24, 2.45) is 22.2 Å². The molecule has 2 amide bonds. The Labute approximate surface area is 177 Å². The van der Waals surface area contributed by atoms with E-state index in [0.717, 1.165) is 0 Å². The summed E-state index contributed by atoms with van der Waals surface area (Å²) in [5.41, 5.74) is 16.6. The second-order valence-corrected chi connectivity index (χ2v) is 6.73. The number of hydrogen-bond acceptors (Lipinski definition) is 7. The van der Waals surface area contributed by atoms with Crippen LogP contribution in [0.15, 0.2) is 17.5 Å². The molecule has 11 N–H and O–H groups in total. The summed E-state index contributed by atoms with van der Waals surface area (Å²) in [6, 6.07) is -3.55. The molecule has 0 radical (unpaired) electrons. The van der Waals surface area contributed by atoms with Crippen molar-refractivity contribution < 1.29 is 29.4 Å². The number of nitrogens with one attached hydrogen (secondary N) is 3. The number of nitrogens with zero attached hydrogens (tertiary/aromatic N) is 2. The number of imidazole rings is 1. The average Bonchev–Trinajstić information content (AvgIpc) is 3.20. The number of carboxylic acid groups (broad SMARTS) is 2. The summed E-state index contributed by atoms with van der Waals surface area (Å²) in [6.45, 7) is 0.189. The van der Waals surface area contributed by atoms with Gasteiger partial charge in [0.25, 0.3) is 0 Å². The lowest BCUT2D eigenvalue weighted by molar-refractivity contribution is -0.142. The van der Waals surface area contributed by atoms with Crippen LogP contribution in [-0.4, -0.2) is 74.6 Å². The summed E-state index contributed by atoms with van der Waals surface area (Å²) >= 11 is 0. The molecule has 14 heteroatoms. The molecular weight excluding hydrogens is 412 g/mol. The number of carbonyl (C=O) groups excluding carboxylic acids is 2. The largest absolute Gasteiger partial charge is 0.481 e. The molecule has 0 aromatic carbocycles. The van der Waals surface area contributed by atoms with Crippen molar-refractivity contribution in [1.82, 2.24) is 20.6 Å². The highest BCUT2D eigenvalue weighted by Crippen LogP contribution is 2.04. The maximum absolute atomic E-state index is 12.7. The SMILES string of the molecule is NC(N)=NCCCC(NC(=O)C(Cc1cnc[nH]1)NC(=O)C(N)CCC(=O)O)C(=O)O. The van der Waals surface area contributed by atoms with E-state index in [1.807, 2.05) is 0 Å². The molecule has 1 heterocycles. The Bertz CT molecular complexity index is 778. The van der Waals surface area contributed by atoms with E-state index in [1.54, 1.807) is 0 Å². The molecule has 3 atom stereocenters. The number of guanidine groups is 1. The van der Waals surface area contributed by atoms with Crippen LogP contribution in [0.1, 0.15) is 31.4 Å². The first-order chi connectivity index (χ1) is 14.6. The Kier molecular flexibility index (Phi) is 10.5.